The summed E-state index contributed by atoms with van der Waals surface area (Å²) in [4.78, 5) is 27.0. The summed E-state index contributed by atoms with van der Waals surface area (Å²) >= 11 is 6.22. The van der Waals surface area contributed by atoms with E-state index < -0.39 is 12.1 Å². The van der Waals surface area contributed by atoms with Crippen molar-refractivity contribution in [1.29, 1.82) is 0 Å². The zero-order chi connectivity index (χ0) is 18.7. The number of anilines is 1. The van der Waals surface area contributed by atoms with Gasteiger partial charge in [0.05, 0.1) is 10.7 Å². The molecule has 0 bridgehead atoms. The van der Waals surface area contributed by atoms with Crippen molar-refractivity contribution in [2.45, 2.75) is 31.8 Å². The number of halogens is 1. The Morgan fingerprint density at radius 2 is 1.92 bits per heavy atom. The molecule has 1 saturated heterocycles. The van der Waals surface area contributed by atoms with Crippen LogP contribution in [0.25, 0.3) is 0 Å². The lowest BCUT2D eigenvalue weighted by Gasteiger charge is -2.33. The number of para-hydroxylation sites is 1. The zero-order valence-corrected chi connectivity index (χ0v) is 15.4. The van der Waals surface area contributed by atoms with Crippen molar-refractivity contribution < 1.29 is 9.59 Å². The van der Waals surface area contributed by atoms with Crippen LogP contribution < -0.4 is 16.0 Å². The van der Waals surface area contributed by atoms with Crippen LogP contribution in [0.15, 0.2) is 48.5 Å². The largest absolute Gasteiger partial charge is 0.343 e. The summed E-state index contributed by atoms with van der Waals surface area (Å²) in [6, 6.07) is 13.3. The van der Waals surface area contributed by atoms with Gasteiger partial charge in [-0.2, -0.15) is 0 Å². The number of aryl methyl sites for hydroxylation is 1. The van der Waals surface area contributed by atoms with Crippen molar-refractivity contribution in [2.75, 3.05) is 11.4 Å². The van der Waals surface area contributed by atoms with Crippen LogP contribution >= 0.6 is 11.6 Å². The minimum atomic E-state index is -0.806. The SMILES string of the molecule is Cc1ccc(C(N)C(=O)NC2CCCN(c3ccccc3Cl)C2=O)cc1. The van der Waals surface area contributed by atoms with Gasteiger partial charge in [0.1, 0.15) is 12.1 Å². The molecule has 0 saturated carbocycles. The van der Waals surface area contributed by atoms with E-state index in [0.717, 1.165) is 17.5 Å². The third-order valence-corrected chi connectivity index (χ3v) is 4.94. The quantitative estimate of drug-likeness (QED) is 0.867. The maximum Gasteiger partial charge on any atom is 0.249 e. The molecule has 0 spiro atoms. The lowest BCUT2D eigenvalue weighted by atomic mass is 10.0. The van der Waals surface area contributed by atoms with Gasteiger partial charge in [0.25, 0.3) is 0 Å². The minimum absolute atomic E-state index is 0.159. The second-order valence-corrected chi connectivity index (χ2v) is 6.94. The number of nitrogens with one attached hydrogen (secondary N) is 1. The van der Waals surface area contributed by atoms with Crippen molar-refractivity contribution in [3.63, 3.8) is 0 Å². The summed E-state index contributed by atoms with van der Waals surface area (Å²) in [6.45, 7) is 2.55. The maximum atomic E-state index is 12.8. The molecule has 1 fully saturated rings. The van der Waals surface area contributed by atoms with E-state index in [2.05, 4.69) is 5.32 Å². The summed E-state index contributed by atoms with van der Waals surface area (Å²) < 4.78 is 0. The molecule has 1 aliphatic rings. The molecule has 0 radical (unpaired) electrons. The third-order valence-electron chi connectivity index (χ3n) is 4.62. The van der Waals surface area contributed by atoms with E-state index >= 15 is 0 Å². The van der Waals surface area contributed by atoms with Crippen LogP contribution in [-0.2, 0) is 9.59 Å². The molecule has 5 nitrogen and oxygen atoms in total. The van der Waals surface area contributed by atoms with Crippen LogP contribution in [0.1, 0.15) is 30.0 Å². The first-order valence-corrected chi connectivity index (χ1v) is 9.03. The molecule has 2 aromatic rings. The molecule has 0 aliphatic carbocycles. The average molecular weight is 372 g/mol. The second-order valence-electron chi connectivity index (χ2n) is 6.53. The van der Waals surface area contributed by atoms with Crippen LogP contribution in [0.4, 0.5) is 5.69 Å². The molecule has 26 heavy (non-hydrogen) atoms. The van der Waals surface area contributed by atoms with Crippen molar-refractivity contribution >= 4 is 29.1 Å². The van der Waals surface area contributed by atoms with Gasteiger partial charge in [-0.3, -0.25) is 9.59 Å². The van der Waals surface area contributed by atoms with E-state index in [0.29, 0.717) is 23.7 Å². The molecule has 0 aromatic heterocycles. The number of piperidine rings is 1. The predicted octanol–water partition coefficient (Wildman–Crippen LogP) is 2.96. The average Bonchev–Trinajstić information content (AvgIpc) is 2.64. The van der Waals surface area contributed by atoms with Gasteiger partial charge in [0.15, 0.2) is 0 Å². The van der Waals surface area contributed by atoms with E-state index in [9.17, 15) is 9.59 Å². The third kappa shape index (κ3) is 3.89. The number of hydrogen-bond acceptors (Lipinski definition) is 3. The number of rotatable bonds is 4. The van der Waals surface area contributed by atoms with Crippen molar-refractivity contribution in [1.82, 2.24) is 5.32 Å². The molecular formula is C20H22ClN3O2. The number of carbonyl (C=O) groups excluding carboxylic acids is 2. The molecule has 2 aromatic carbocycles. The first-order chi connectivity index (χ1) is 12.5. The first kappa shape index (κ1) is 18.4. The highest BCUT2D eigenvalue weighted by atomic mass is 35.5. The lowest BCUT2D eigenvalue weighted by Crippen LogP contribution is -2.54. The number of carbonyl (C=O) groups is 2. The van der Waals surface area contributed by atoms with Crippen LogP contribution in [0.5, 0.6) is 0 Å². The van der Waals surface area contributed by atoms with E-state index in [1.165, 1.54) is 0 Å². The van der Waals surface area contributed by atoms with E-state index in [4.69, 9.17) is 17.3 Å². The Morgan fingerprint density at radius 1 is 1.23 bits per heavy atom. The van der Waals surface area contributed by atoms with E-state index in [1.807, 2.05) is 49.4 Å². The number of nitrogens with two attached hydrogens (primary N) is 1. The Bertz CT molecular complexity index is 807. The van der Waals surface area contributed by atoms with E-state index in [1.54, 1.807) is 11.0 Å². The highest BCUT2D eigenvalue weighted by Crippen LogP contribution is 2.28. The normalized spacial score (nSPS) is 18.5. The van der Waals surface area contributed by atoms with Gasteiger partial charge in [0, 0.05) is 6.54 Å². The lowest BCUT2D eigenvalue weighted by molar-refractivity contribution is -0.129. The zero-order valence-electron chi connectivity index (χ0n) is 14.6. The molecule has 1 heterocycles. The summed E-state index contributed by atoms with van der Waals surface area (Å²) in [5, 5.41) is 3.32. The summed E-state index contributed by atoms with van der Waals surface area (Å²) in [5.41, 5.74) is 8.55. The predicted molar refractivity (Wildman–Crippen MR) is 103 cm³/mol. The smallest absolute Gasteiger partial charge is 0.249 e. The Morgan fingerprint density at radius 3 is 2.62 bits per heavy atom. The standard InChI is InChI=1S/C20H22ClN3O2/c1-13-8-10-14(11-9-13)18(22)19(25)23-16-6-4-12-24(20(16)26)17-7-3-2-5-15(17)21/h2-3,5,7-11,16,18H,4,6,12,22H2,1H3,(H,23,25). The minimum Gasteiger partial charge on any atom is -0.343 e. The van der Waals surface area contributed by atoms with Crippen LogP contribution in [-0.4, -0.2) is 24.4 Å². The number of amides is 2. The fraction of sp³-hybridized carbons (Fsp3) is 0.300. The van der Waals surface area contributed by atoms with Gasteiger partial charge in [-0.05, 0) is 37.5 Å². The Kier molecular flexibility index (Phi) is 5.59. The number of nitrogens with zero attached hydrogens (tertiary/aromatic N) is 1. The van der Waals surface area contributed by atoms with Crippen molar-refractivity contribution in [2.24, 2.45) is 5.73 Å². The van der Waals surface area contributed by atoms with Crippen molar-refractivity contribution in [3.05, 3.63) is 64.7 Å². The Balaban J connectivity index is 1.71. The molecule has 136 valence electrons. The van der Waals surface area contributed by atoms with Crippen LogP contribution in [0.3, 0.4) is 0 Å². The highest BCUT2D eigenvalue weighted by Gasteiger charge is 2.32. The maximum absolute atomic E-state index is 12.8. The molecule has 6 heteroatoms. The van der Waals surface area contributed by atoms with Gasteiger partial charge in [-0.1, -0.05) is 53.6 Å². The molecular weight excluding hydrogens is 350 g/mol. The molecule has 3 rings (SSSR count). The summed E-state index contributed by atoms with van der Waals surface area (Å²) in [6.07, 6.45) is 1.37. The number of hydrogen-bond donors (Lipinski definition) is 2. The monoisotopic (exact) mass is 371 g/mol. The topological polar surface area (TPSA) is 75.4 Å². The van der Waals surface area contributed by atoms with E-state index in [-0.39, 0.29) is 11.8 Å². The second kappa shape index (κ2) is 7.89. The van der Waals surface area contributed by atoms with Gasteiger partial charge >= 0.3 is 0 Å². The molecule has 3 N–H and O–H groups in total. The first-order valence-electron chi connectivity index (χ1n) is 8.66. The summed E-state index contributed by atoms with van der Waals surface area (Å²) in [5.74, 6) is -0.512. The van der Waals surface area contributed by atoms with Crippen LogP contribution in [0.2, 0.25) is 5.02 Å². The molecule has 2 amide bonds. The molecule has 2 unspecified atom stereocenters. The highest BCUT2D eigenvalue weighted by molar-refractivity contribution is 6.33. The fourth-order valence-corrected chi connectivity index (χ4v) is 3.34. The van der Waals surface area contributed by atoms with Crippen molar-refractivity contribution in [3.8, 4) is 0 Å². The molecule has 2 atom stereocenters. The number of benzene rings is 2. The molecule has 1 aliphatic heterocycles. The van der Waals surface area contributed by atoms with Gasteiger partial charge in [0.2, 0.25) is 11.8 Å². The Hall–Kier alpha value is -2.37. The van der Waals surface area contributed by atoms with Crippen LogP contribution in [0, 0.1) is 6.92 Å². The summed E-state index contributed by atoms with van der Waals surface area (Å²) in [7, 11) is 0. The van der Waals surface area contributed by atoms with Gasteiger partial charge in [-0.25, -0.2) is 0 Å². The fourth-order valence-electron chi connectivity index (χ4n) is 3.11. The Labute approximate surface area is 158 Å². The van der Waals surface area contributed by atoms with Gasteiger partial charge < -0.3 is 16.0 Å². The van der Waals surface area contributed by atoms with Gasteiger partial charge in [-0.15, -0.1) is 0 Å².